The molecule has 0 aliphatic carbocycles. The van der Waals surface area contributed by atoms with Gasteiger partial charge < -0.3 is 0 Å². The molecule has 0 spiro atoms. The normalized spacial score (nSPS) is 12.5. The predicted octanol–water partition coefficient (Wildman–Crippen LogP) is 5.44. The van der Waals surface area contributed by atoms with Crippen molar-refractivity contribution in [3.05, 3.63) is 52.8 Å². The third-order valence-electron chi connectivity index (χ3n) is 2.71. The van der Waals surface area contributed by atoms with Gasteiger partial charge in [0.1, 0.15) is 10.7 Å². The molecule has 1 aromatic carbocycles. The lowest BCUT2D eigenvalue weighted by Gasteiger charge is -2.17. The van der Waals surface area contributed by atoms with Gasteiger partial charge in [-0.1, -0.05) is 29.8 Å². The number of rotatable bonds is 1. The van der Waals surface area contributed by atoms with Gasteiger partial charge in [-0.2, -0.15) is 26.3 Å². The fourth-order valence-electron chi connectivity index (χ4n) is 1.90. The van der Waals surface area contributed by atoms with Gasteiger partial charge in [0, 0.05) is 6.20 Å². The molecule has 0 aliphatic rings. The van der Waals surface area contributed by atoms with Gasteiger partial charge in [-0.3, -0.25) is 0 Å². The Morgan fingerprint density at radius 3 is 2.00 bits per heavy atom. The molecule has 0 saturated carbocycles. The van der Waals surface area contributed by atoms with Crippen molar-refractivity contribution in [1.29, 1.82) is 0 Å². The van der Waals surface area contributed by atoms with E-state index < -0.39 is 39.8 Å². The minimum absolute atomic E-state index is 0.596. The van der Waals surface area contributed by atoms with Gasteiger partial charge in [-0.05, 0) is 23.3 Å². The smallest absolute Gasteiger partial charge is 0.244 e. The fourth-order valence-corrected chi connectivity index (χ4v) is 2.16. The molecule has 21 heavy (non-hydrogen) atoms. The molecule has 0 radical (unpaired) electrons. The molecule has 0 unspecified atom stereocenters. The summed E-state index contributed by atoms with van der Waals surface area (Å²) in [6, 6.07) is 4.86. The van der Waals surface area contributed by atoms with Crippen LogP contribution >= 0.6 is 11.6 Å². The maximum atomic E-state index is 13.0. The summed E-state index contributed by atoms with van der Waals surface area (Å²) in [5.74, 6) is 0. The van der Waals surface area contributed by atoms with E-state index in [1.165, 1.54) is 6.07 Å². The zero-order valence-corrected chi connectivity index (χ0v) is 10.8. The van der Waals surface area contributed by atoms with Gasteiger partial charge in [0.25, 0.3) is 0 Å². The van der Waals surface area contributed by atoms with E-state index in [1.54, 1.807) is 0 Å². The van der Waals surface area contributed by atoms with Gasteiger partial charge >= 0.3 is 12.4 Å². The summed E-state index contributed by atoms with van der Waals surface area (Å²) in [4.78, 5) is 3.29. The Morgan fingerprint density at radius 2 is 1.43 bits per heavy atom. The molecule has 1 aromatic heterocycles. The minimum Gasteiger partial charge on any atom is -0.244 e. The van der Waals surface area contributed by atoms with Crippen LogP contribution in [0.5, 0.6) is 0 Å². The number of benzene rings is 1. The molecule has 0 N–H and O–H groups in total. The van der Waals surface area contributed by atoms with Crippen molar-refractivity contribution in [2.24, 2.45) is 0 Å². The van der Waals surface area contributed by atoms with E-state index in [4.69, 9.17) is 11.6 Å². The summed E-state index contributed by atoms with van der Waals surface area (Å²) in [5.41, 5.74) is -3.81. The average Bonchev–Trinajstić information content (AvgIpc) is 2.36. The largest absolute Gasteiger partial charge is 0.419 e. The minimum atomic E-state index is -4.92. The molecule has 0 amide bonds. The standard InChI is InChI=1S/C13H6ClF6N/c14-11-10(13(18,19)20)8(5-6-21-11)7-3-1-2-4-9(7)12(15,16)17/h1-6H. The molecule has 0 atom stereocenters. The van der Waals surface area contributed by atoms with Gasteiger partial charge in [0.15, 0.2) is 0 Å². The molecule has 0 fully saturated rings. The van der Waals surface area contributed by atoms with E-state index >= 15 is 0 Å². The summed E-state index contributed by atoms with van der Waals surface area (Å²) >= 11 is 5.42. The highest BCUT2D eigenvalue weighted by Gasteiger charge is 2.40. The molecule has 0 saturated heterocycles. The molecule has 2 rings (SSSR count). The van der Waals surface area contributed by atoms with Gasteiger partial charge in [0.2, 0.25) is 0 Å². The van der Waals surface area contributed by atoms with Crippen molar-refractivity contribution in [1.82, 2.24) is 4.98 Å². The van der Waals surface area contributed by atoms with Crippen molar-refractivity contribution in [2.45, 2.75) is 12.4 Å². The molecule has 8 heteroatoms. The Bertz CT molecular complexity index is 662. The lowest BCUT2D eigenvalue weighted by molar-refractivity contribution is -0.139. The lowest BCUT2D eigenvalue weighted by atomic mass is 9.96. The van der Waals surface area contributed by atoms with E-state index in [1.807, 2.05) is 0 Å². The molecule has 1 heterocycles. The third kappa shape index (κ3) is 3.12. The van der Waals surface area contributed by atoms with E-state index in [9.17, 15) is 26.3 Å². The summed E-state index contributed by atoms with van der Waals surface area (Å²) < 4.78 is 77.9. The summed E-state index contributed by atoms with van der Waals surface area (Å²) in [6.07, 6.45) is -8.77. The highest BCUT2D eigenvalue weighted by atomic mass is 35.5. The van der Waals surface area contributed by atoms with Crippen LogP contribution < -0.4 is 0 Å². The predicted molar refractivity (Wildman–Crippen MR) is 64.7 cm³/mol. The second kappa shape index (κ2) is 5.22. The highest BCUT2D eigenvalue weighted by molar-refractivity contribution is 6.30. The van der Waals surface area contributed by atoms with Crippen molar-refractivity contribution < 1.29 is 26.3 Å². The van der Waals surface area contributed by atoms with E-state index in [-0.39, 0.29) is 0 Å². The molecular formula is C13H6ClF6N. The number of pyridine rings is 1. The SMILES string of the molecule is FC(F)(F)c1ccccc1-c1ccnc(Cl)c1C(F)(F)F. The molecular weight excluding hydrogens is 320 g/mol. The maximum Gasteiger partial charge on any atom is 0.419 e. The molecule has 2 aromatic rings. The van der Waals surface area contributed by atoms with Crippen LogP contribution in [0.25, 0.3) is 11.1 Å². The lowest BCUT2D eigenvalue weighted by Crippen LogP contribution is -2.12. The zero-order chi connectivity index (χ0) is 15.8. The Kier molecular flexibility index (Phi) is 3.88. The fraction of sp³-hybridized carbons (Fsp3) is 0.154. The van der Waals surface area contributed by atoms with Crippen LogP contribution in [0.3, 0.4) is 0 Å². The Hall–Kier alpha value is -1.76. The Labute approximate surface area is 120 Å². The van der Waals surface area contributed by atoms with Crippen LogP contribution in [0, 0.1) is 0 Å². The number of aromatic nitrogens is 1. The van der Waals surface area contributed by atoms with Crippen LogP contribution in [-0.4, -0.2) is 4.98 Å². The van der Waals surface area contributed by atoms with Crippen molar-refractivity contribution in [2.75, 3.05) is 0 Å². The summed E-state index contributed by atoms with van der Waals surface area (Å²) in [5, 5.41) is -0.892. The summed E-state index contributed by atoms with van der Waals surface area (Å²) in [7, 11) is 0. The monoisotopic (exact) mass is 325 g/mol. The van der Waals surface area contributed by atoms with Crippen LogP contribution in [0.1, 0.15) is 11.1 Å². The number of alkyl halides is 6. The maximum absolute atomic E-state index is 13.0. The highest BCUT2D eigenvalue weighted by Crippen LogP contribution is 2.44. The average molecular weight is 326 g/mol. The second-order valence-electron chi connectivity index (χ2n) is 4.07. The first kappa shape index (κ1) is 15.6. The van der Waals surface area contributed by atoms with Crippen LogP contribution in [0.2, 0.25) is 5.15 Å². The Balaban J connectivity index is 2.79. The van der Waals surface area contributed by atoms with Gasteiger partial charge in [0.05, 0.1) is 5.56 Å². The van der Waals surface area contributed by atoms with E-state index in [0.29, 0.717) is 6.07 Å². The zero-order valence-electron chi connectivity index (χ0n) is 10.1. The first-order valence-corrected chi connectivity index (χ1v) is 5.88. The van der Waals surface area contributed by atoms with Crippen LogP contribution in [-0.2, 0) is 12.4 Å². The van der Waals surface area contributed by atoms with Crippen molar-refractivity contribution in [3.63, 3.8) is 0 Å². The number of halogens is 7. The molecule has 1 nitrogen and oxygen atoms in total. The summed E-state index contributed by atoms with van der Waals surface area (Å²) in [6.45, 7) is 0. The molecule has 0 aliphatic heterocycles. The van der Waals surface area contributed by atoms with Crippen LogP contribution in [0.4, 0.5) is 26.3 Å². The van der Waals surface area contributed by atoms with Gasteiger partial charge in [-0.25, -0.2) is 4.98 Å². The topological polar surface area (TPSA) is 12.9 Å². The first-order chi connectivity index (χ1) is 9.62. The third-order valence-corrected chi connectivity index (χ3v) is 3.00. The van der Waals surface area contributed by atoms with Crippen LogP contribution in [0.15, 0.2) is 36.5 Å². The number of hydrogen-bond donors (Lipinski definition) is 0. The van der Waals surface area contributed by atoms with Crippen molar-refractivity contribution >= 4 is 11.6 Å². The molecule has 0 bridgehead atoms. The number of hydrogen-bond acceptors (Lipinski definition) is 1. The Morgan fingerprint density at radius 1 is 0.810 bits per heavy atom. The first-order valence-electron chi connectivity index (χ1n) is 5.50. The quantitative estimate of drug-likeness (QED) is 0.502. The number of nitrogens with zero attached hydrogens (tertiary/aromatic N) is 1. The van der Waals surface area contributed by atoms with Gasteiger partial charge in [-0.15, -0.1) is 0 Å². The molecule has 112 valence electrons. The van der Waals surface area contributed by atoms with E-state index in [2.05, 4.69) is 4.98 Å². The van der Waals surface area contributed by atoms with Crippen molar-refractivity contribution in [3.8, 4) is 11.1 Å². The van der Waals surface area contributed by atoms with E-state index in [0.717, 1.165) is 24.4 Å². The second-order valence-corrected chi connectivity index (χ2v) is 4.42.